The summed E-state index contributed by atoms with van der Waals surface area (Å²) in [6, 6.07) is 0.672. The van der Waals surface area contributed by atoms with E-state index in [1.807, 2.05) is 14.0 Å². The zero-order valence-corrected chi connectivity index (χ0v) is 11.2. The van der Waals surface area contributed by atoms with Gasteiger partial charge in [0.25, 0.3) is 0 Å². The predicted octanol–water partition coefficient (Wildman–Crippen LogP) is 2.18. The van der Waals surface area contributed by atoms with Gasteiger partial charge in [-0.25, -0.2) is 0 Å². The van der Waals surface area contributed by atoms with Crippen molar-refractivity contribution in [2.45, 2.75) is 58.5 Å². The van der Waals surface area contributed by atoms with E-state index < -0.39 is 0 Å². The molecule has 17 heavy (non-hydrogen) atoms. The van der Waals surface area contributed by atoms with Crippen LogP contribution in [0.3, 0.4) is 0 Å². The average Bonchev–Trinajstić information content (AvgIpc) is 2.68. The van der Waals surface area contributed by atoms with E-state index in [0.29, 0.717) is 6.04 Å². The fourth-order valence-electron chi connectivity index (χ4n) is 2.79. The van der Waals surface area contributed by atoms with Gasteiger partial charge in [0.05, 0.1) is 6.54 Å². The quantitative estimate of drug-likeness (QED) is 0.871. The van der Waals surface area contributed by atoms with Crippen molar-refractivity contribution in [3.05, 3.63) is 11.6 Å². The molecule has 1 aromatic rings. The zero-order chi connectivity index (χ0) is 12.3. The standard InChI is InChI=1S/C13H24N4/c1-4-11-7-5-6-8-12(11)14-9-13-16-15-10(2)17(13)3/h11-12,14H,4-9H2,1-3H3. The predicted molar refractivity (Wildman–Crippen MR) is 68.6 cm³/mol. The van der Waals surface area contributed by atoms with Crippen molar-refractivity contribution in [3.63, 3.8) is 0 Å². The van der Waals surface area contributed by atoms with E-state index in [2.05, 4.69) is 27.0 Å². The first-order chi connectivity index (χ1) is 8.22. The van der Waals surface area contributed by atoms with Crippen LogP contribution >= 0.6 is 0 Å². The average molecular weight is 236 g/mol. The molecule has 4 heteroatoms. The van der Waals surface area contributed by atoms with Gasteiger partial charge in [-0.15, -0.1) is 10.2 Å². The number of aryl methyl sites for hydroxylation is 1. The second kappa shape index (κ2) is 5.63. The largest absolute Gasteiger partial charge is 0.317 e. The van der Waals surface area contributed by atoms with Gasteiger partial charge in [0.1, 0.15) is 11.6 Å². The summed E-state index contributed by atoms with van der Waals surface area (Å²) in [4.78, 5) is 0. The normalized spacial score (nSPS) is 25.1. The van der Waals surface area contributed by atoms with Gasteiger partial charge >= 0.3 is 0 Å². The minimum absolute atomic E-state index is 0.672. The van der Waals surface area contributed by atoms with Gasteiger partial charge in [0.15, 0.2) is 0 Å². The van der Waals surface area contributed by atoms with Crippen LogP contribution in [0, 0.1) is 12.8 Å². The molecule has 1 N–H and O–H groups in total. The molecule has 2 rings (SSSR count). The van der Waals surface area contributed by atoms with Crippen LogP contribution in [0.1, 0.15) is 50.7 Å². The number of rotatable bonds is 4. The van der Waals surface area contributed by atoms with E-state index in [9.17, 15) is 0 Å². The molecule has 2 atom stereocenters. The lowest BCUT2D eigenvalue weighted by molar-refractivity contribution is 0.252. The Bertz CT molecular complexity index is 358. The molecule has 0 aliphatic heterocycles. The maximum Gasteiger partial charge on any atom is 0.146 e. The fraction of sp³-hybridized carbons (Fsp3) is 0.846. The lowest BCUT2D eigenvalue weighted by Gasteiger charge is -2.31. The summed E-state index contributed by atoms with van der Waals surface area (Å²) in [5.74, 6) is 2.87. The Labute approximate surface area is 104 Å². The van der Waals surface area contributed by atoms with Gasteiger partial charge in [0.2, 0.25) is 0 Å². The Morgan fingerprint density at radius 2 is 2.06 bits per heavy atom. The second-order valence-electron chi connectivity index (χ2n) is 5.16. The monoisotopic (exact) mass is 236 g/mol. The molecule has 1 aliphatic rings. The molecule has 0 radical (unpaired) electrons. The summed E-state index contributed by atoms with van der Waals surface area (Å²) in [5, 5.41) is 12.0. The van der Waals surface area contributed by atoms with E-state index in [4.69, 9.17) is 0 Å². The Morgan fingerprint density at radius 1 is 1.29 bits per heavy atom. The van der Waals surface area contributed by atoms with E-state index in [1.54, 1.807) is 0 Å². The van der Waals surface area contributed by atoms with Crippen LogP contribution in [0.15, 0.2) is 0 Å². The van der Waals surface area contributed by atoms with E-state index in [-0.39, 0.29) is 0 Å². The fourth-order valence-corrected chi connectivity index (χ4v) is 2.79. The van der Waals surface area contributed by atoms with E-state index in [0.717, 1.165) is 24.1 Å². The number of nitrogens with one attached hydrogen (secondary N) is 1. The lowest BCUT2D eigenvalue weighted by Crippen LogP contribution is -2.38. The molecule has 0 aromatic carbocycles. The van der Waals surface area contributed by atoms with Gasteiger partial charge in [-0.05, 0) is 25.7 Å². The summed E-state index contributed by atoms with van der Waals surface area (Å²) in [6.07, 6.45) is 6.75. The van der Waals surface area contributed by atoms with Crippen molar-refractivity contribution >= 4 is 0 Å². The van der Waals surface area contributed by atoms with Gasteiger partial charge in [0, 0.05) is 13.1 Å². The van der Waals surface area contributed by atoms with Gasteiger partial charge in [-0.3, -0.25) is 0 Å². The van der Waals surface area contributed by atoms with Crippen LogP contribution in [0.25, 0.3) is 0 Å². The molecule has 1 heterocycles. The molecule has 1 aliphatic carbocycles. The van der Waals surface area contributed by atoms with Crippen LogP contribution < -0.4 is 5.32 Å². The molecule has 1 fully saturated rings. The van der Waals surface area contributed by atoms with E-state index >= 15 is 0 Å². The molecule has 1 saturated carbocycles. The third-order valence-corrected chi connectivity index (χ3v) is 4.14. The van der Waals surface area contributed by atoms with Crippen molar-refractivity contribution in [1.29, 1.82) is 0 Å². The third kappa shape index (κ3) is 2.86. The molecule has 0 saturated heterocycles. The molecular formula is C13H24N4. The maximum absolute atomic E-state index is 4.20. The van der Waals surface area contributed by atoms with Crippen molar-refractivity contribution in [2.24, 2.45) is 13.0 Å². The Morgan fingerprint density at radius 3 is 2.71 bits per heavy atom. The Hall–Kier alpha value is -0.900. The summed E-state index contributed by atoms with van der Waals surface area (Å²) < 4.78 is 2.07. The van der Waals surface area contributed by atoms with Crippen LogP contribution in [0.4, 0.5) is 0 Å². The molecule has 0 spiro atoms. The first-order valence-corrected chi connectivity index (χ1v) is 6.80. The number of hydrogen-bond donors (Lipinski definition) is 1. The highest BCUT2D eigenvalue weighted by molar-refractivity contribution is 4.93. The third-order valence-electron chi connectivity index (χ3n) is 4.14. The Kier molecular flexibility index (Phi) is 4.15. The van der Waals surface area contributed by atoms with Crippen LogP contribution in [0.5, 0.6) is 0 Å². The SMILES string of the molecule is CCC1CCCCC1NCc1nnc(C)n1C. The topological polar surface area (TPSA) is 42.7 Å². The molecule has 0 bridgehead atoms. The maximum atomic E-state index is 4.20. The second-order valence-corrected chi connectivity index (χ2v) is 5.16. The van der Waals surface area contributed by atoms with E-state index in [1.165, 1.54) is 32.1 Å². The highest BCUT2D eigenvalue weighted by Crippen LogP contribution is 2.26. The summed E-state index contributed by atoms with van der Waals surface area (Å²) in [7, 11) is 2.03. The van der Waals surface area contributed by atoms with Gasteiger partial charge in [-0.2, -0.15) is 0 Å². The number of hydrogen-bond acceptors (Lipinski definition) is 3. The van der Waals surface area contributed by atoms with Crippen molar-refractivity contribution in [2.75, 3.05) is 0 Å². The van der Waals surface area contributed by atoms with Crippen LogP contribution in [-0.4, -0.2) is 20.8 Å². The zero-order valence-electron chi connectivity index (χ0n) is 11.2. The summed E-state index contributed by atoms with van der Waals surface area (Å²) >= 11 is 0. The van der Waals surface area contributed by atoms with Crippen molar-refractivity contribution < 1.29 is 0 Å². The lowest BCUT2D eigenvalue weighted by atomic mass is 9.83. The summed E-state index contributed by atoms with van der Waals surface area (Å²) in [5.41, 5.74) is 0. The smallest absolute Gasteiger partial charge is 0.146 e. The first kappa shape index (κ1) is 12.6. The molecular weight excluding hydrogens is 212 g/mol. The number of aromatic nitrogens is 3. The molecule has 2 unspecified atom stereocenters. The molecule has 1 aromatic heterocycles. The van der Waals surface area contributed by atoms with Gasteiger partial charge < -0.3 is 9.88 Å². The number of nitrogens with zero attached hydrogens (tertiary/aromatic N) is 3. The highest BCUT2D eigenvalue weighted by Gasteiger charge is 2.23. The Balaban J connectivity index is 1.90. The minimum atomic E-state index is 0.672. The first-order valence-electron chi connectivity index (χ1n) is 6.80. The van der Waals surface area contributed by atoms with Gasteiger partial charge in [-0.1, -0.05) is 26.2 Å². The molecule has 96 valence electrons. The van der Waals surface area contributed by atoms with Crippen LogP contribution in [-0.2, 0) is 13.6 Å². The highest BCUT2D eigenvalue weighted by atomic mass is 15.3. The molecule has 4 nitrogen and oxygen atoms in total. The minimum Gasteiger partial charge on any atom is -0.317 e. The molecule has 0 amide bonds. The van der Waals surface area contributed by atoms with Crippen molar-refractivity contribution in [3.8, 4) is 0 Å². The van der Waals surface area contributed by atoms with Crippen molar-refractivity contribution in [1.82, 2.24) is 20.1 Å². The summed E-state index contributed by atoms with van der Waals surface area (Å²) in [6.45, 7) is 5.14. The van der Waals surface area contributed by atoms with Crippen LogP contribution in [0.2, 0.25) is 0 Å².